The minimum Gasteiger partial charge on any atom is -0.235 e. The first kappa shape index (κ1) is 13.2. The van der Waals surface area contributed by atoms with Crippen LogP contribution in [0, 0.1) is 10.1 Å². The minimum atomic E-state index is -4.50. The Morgan fingerprint density at radius 1 is 1.25 bits per heavy atom. The van der Waals surface area contributed by atoms with Crippen LogP contribution in [0.3, 0.4) is 0 Å². The largest absolute Gasteiger partial charge is 0.416 e. The smallest absolute Gasteiger partial charge is 0.235 e. The van der Waals surface area contributed by atoms with Gasteiger partial charge in [-0.15, -0.1) is 5.43 Å². The molecule has 0 unspecified atom stereocenters. The maximum atomic E-state index is 12.3. The first-order valence-electron chi connectivity index (χ1n) is 3.69. The van der Waals surface area contributed by atoms with Gasteiger partial charge in [-0.3, -0.25) is 0 Å². The monoisotopic (exact) mass is 362 g/mol. The van der Waals surface area contributed by atoms with Gasteiger partial charge in [-0.25, -0.2) is 10.1 Å². The summed E-state index contributed by atoms with van der Waals surface area (Å²) in [6, 6.07) is 1.52. The lowest BCUT2D eigenvalue weighted by atomic mass is 10.2. The summed E-state index contributed by atoms with van der Waals surface area (Å²) >= 11 is 5.64. The fourth-order valence-corrected chi connectivity index (χ4v) is 2.30. The molecule has 0 spiro atoms. The van der Waals surface area contributed by atoms with Crippen molar-refractivity contribution in [3.8, 4) is 0 Å². The highest BCUT2D eigenvalue weighted by molar-refractivity contribution is 9.11. The van der Waals surface area contributed by atoms with Gasteiger partial charge in [-0.2, -0.15) is 13.2 Å². The minimum absolute atomic E-state index is 0.0501. The maximum Gasteiger partial charge on any atom is 0.416 e. The van der Waals surface area contributed by atoms with Gasteiger partial charge < -0.3 is 0 Å². The van der Waals surface area contributed by atoms with Crippen LogP contribution < -0.4 is 5.43 Å². The number of nitrogens with zero attached hydrogens (tertiary/aromatic N) is 1. The molecule has 0 aliphatic rings. The van der Waals surface area contributed by atoms with Crippen LogP contribution >= 0.6 is 31.9 Å². The van der Waals surface area contributed by atoms with E-state index in [4.69, 9.17) is 0 Å². The van der Waals surface area contributed by atoms with Gasteiger partial charge in [0.05, 0.1) is 5.56 Å². The average molecular weight is 364 g/mol. The molecule has 0 aliphatic carbocycles. The van der Waals surface area contributed by atoms with Crippen molar-refractivity contribution in [2.75, 3.05) is 5.43 Å². The quantitative estimate of drug-likeness (QED) is 0.641. The third kappa shape index (κ3) is 3.08. The molecule has 9 heteroatoms. The van der Waals surface area contributed by atoms with E-state index in [9.17, 15) is 23.3 Å². The lowest BCUT2D eigenvalue weighted by Gasteiger charge is -2.10. The summed E-state index contributed by atoms with van der Waals surface area (Å²) in [5.74, 6) is 0. The van der Waals surface area contributed by atoms with E-state index in [1.807, 2.05) is 0 Å². The van der Waals surface area contributed by atoms with E-state index in [2.05, 4.69) is 31.9 Å². The first-order valence-corrected chi connectivity index (χ1v) is 5.27. The number of hydrazine groups is 1. The van der Waals surface area contributed by atoms with Crippen molar-refractivity contribution in [1.82, 2.24) is 0 Å². The number of alkyl halides is 3. The zero-order chi connectivity index (χ0) is 12.5. The summed E-state index contributed by atoms with van der Waals surface area (Å²) in [6.45, 7) is 0. The predicted molar refractivity (Wildman–Crippen MR) is 57.5 cm³/mol. The van der Waals surface area contributed by atoms with E-state index in [0.717, 1.165) is 12.1 Å². The number of benzene rings is 1. The van der Waals surface area contributed by atoms with Crippen LogP contribution in [0.2, 0.25) is 0 Å². The highest BCUT2D eigenvalue weighted by Crippen LogP contribution is 2.38. The number of halogens is 5. The SMILES string of the molecule is O=[N+]([O-])Nc1c(Br)cc(C(F)(F)F)cc1Br. The van der Waals surface area contributed by atoms with Gasteiger partial charge in [0.15, 0.2) is 5.03 Å². The van der Waals surface area contributed by atoms with E-state index in [1.165, 1.54) is 0 Å². The molecule has 16 heavy (non-hydrogen) atoms. The summed E-state index contributed by atoms with van der Waals surface area (Å²) in [5, 5.41) is 9.32. The zero-order valence-electron chi connectivity index (χ0n) is 7.31. The molecule has 1 rings (SSSR count). The van der Waals surface area contributed by atoms with Crippen LogP contribution in [0.5, 0.6) is 0 Å². The molecule has 1 N–H and O–H groups in total. The van der Waals surface area contributed by atoms with Gasteiger partial charge in [-0.1, -0.05) is 0 Å². The van der Waals surface area contributed by atoms with Crippen LogP contribution in [0.25, 0.3) is 0 Å². The fraction of sp³-hybridized carbons (Fsp3) is 0.143. The van der Waals surface area contributed by atoms with Gasteiger partial charge in [0.2, 0.25) is 0 Å². The number of anilines is 1. The summed E-state index contributed by atoms with van der Waals surface area (Å²) in [5.41, 5.74) is 0.807. The normalized spacial score (nSPS) is 11.3. The summed E-state index contributed by atoms with van der Waals surface area (Å²) < 4.78 is 36.9. The van der Waals surface area contributed by atoms with Crippen molar-refractivity contribution in [1.29, 1.82) is 0 Å². The van der Waals surface area contributed by atoms with Crippen molar-refractivity contribution in [3.63, 3.8) is 0 Å². The number of hydrogen-bond donors (Lipinski definition) is 1. The fourth-order valence-electron chi connectivity index (χ4n) is 0.935. The predicted octanol–water partition coefficient (Wildman–Crippen LogP) is 3.83. The van der Waals surface area contributed by atoms with E-state index >= 15 is 0 Å². The molecule has 1 aromatic rings. The molecule has 0 saturated heterocycles. The second-order valence-electron chi connectivity index (χ2n) is 2.68. The highest BCUT2D eigenvalue weighted by Gasteiger charge is 2.32. The molecule has 4 nitrogen and oxygen atoms in total. The van der Waals surface area contributed by atoms with Gasteiger partial charge >= 0.3 is 6.18 Å². The maximum absolute atomic E-state index is 12.3. The van der Waals surface area contributed by atoms with E-state index in [0.29, 0.717) is 0 Å². The van der Waals surface area contributed by atoms with Crippen molar-refractivity contribution >= 4 is 37.5 Å². The van der Waals surface area contributed by atoms with Crippen molar-refractivity contribution in [3.05, 3.63) is 36.8 Å². The van der Waals surface area contributed by atoms with Gasteiger partial charge in [-0.05, 0) is 44.0 Å². The molecule has 88 valence electrons. The Bertz CT molecular complexity index is 413. The van der Waals surface area contributed by atoms with Gasteiger partial charge in [0.25, 0.3) is 0 Å². The molecular formula is C7H3Br2F3N2O2. The zero-order valence-corrected chi connectivity index (χ0v) is 10.5. The summed E-state index contributed by atoms with van der Waals surface area (Å²) in [7, 11) is 0. The Morgan fingerprint density at radius 3 is 2.00 bits per heavy atom. The Kier molecular flexibility index (Phi) is 3.79. The number of rotatable bonds is 2. The number of hydrogen-bond acceptors (Lipinski definition) is 2. The molecule has 0 aromatic heterocycles. The lowest BCUT2D eigenvalue weighted by molar-refractivity contribution is -0.445. The van der Waals surface area contributed by atoms with Crippen molar-refractivity contribution < 1.29 is 18.2 Å². The van der Waals surface area contributed by atoms with Crippen LogP contribution in [-0.4, -0.2) is 5.03 Å². The molecule has 0 heterocycles. The summed E-state index contributed by atoms with van der Waals surface area (Å²) in [4.78, 5) is 10.2. The molecule has 0 bridgehead atoms. The third-order valence-electron chi connectivity index (χ3n) is 1.57. The van der Waals surface area contributed by atoms with Crippen molar-refractivity contribution in [2.45, 2.75) is 6.18 Å². The topological polar surface area (TPSA) is 55.2 Å². The molecule has 0 atom stereocenters. The molecule has 0 aliphatic heterocycles. The third-order valence-corrected chi connectivity index (χ3v) is 2.82. The average Bonchev–Trinajstić information content (AvgIpc) is 2.09. The standard InChI is InChI=1S/C7H3Br2F3N2O2/c8-4-1-3(7(10,11)12)2-5(9)6(4)13-14(15)16/h1-2,13H. The first-order chi connectivity index (χ1) is 7.21. The molecular weight excluding hydrogens is 361 g/mol. The second-order valence-corrected chi connectivity index (χ2v) is 4.39. The molecule has 1 aromatic carbocycles. The number of nitro groups is 1. The van der Waals surface area contributed by atoms with Crippen LogP contribution in [-0.2, 0) is 6.18 Å². The Morgan fingerprint density at radius 2 is 1.69 bits per heavy atom. The van der Waals surface area contributed by atoms with E-state index in [1.54, 1.807) is 5.43 Å². The van der Waals surface area contributed by atoms with Gasteiger partial charge in [0, 0.05) is 8.95 Å². The van der Waals surface area contributed by atoms with Gasteiger partial charge in [0.1, 0.15) is 5.69 Å². The number of nitrogens with one attached hydrogen (secondary N) is 1. The van der Waals surface area contributed by atoms with E-state index in [-0.39, 0.29) is 14.6 Å². The van der Waals surface area contributed by atoms with Crippen LogP contribution in [0.15, 0.2) is 21.1 Å². The summed E-state index contributed by atoms with van der Waals surface area (Å²) in [6.07, 6.45) is -4.50. The highest BCUT2D eigenvalue weighted by atomic mass is 79.9. The Balaban J connectivity index is 3.23. The van der Waals surface area contributed by atoms with Crippen LogP contribution in [0.4, 0.5) is 18.9 Å². The van der Waals surface area contributed by atoms with E-state index < -0.39 is 16.8 Å². The Labute approximate surface area is 104 Å². The van der Waals surface area contributed by atoms with Crippen molar-refractivity contribution in [2.24, 2.45) is 0 Å². The van der Waals surface area contributed by atoms with Crippen LogP contribution in [0.1, 0.15) is 5.56 Å². The molecule has 0 amide bonds. The second kappa shape index (κ2) is 4.58. The lowest BCUT2D eigenvalue weighted by Crippen LogP contribution is -2.11. The molecule has 0 radical (unpaired) electrons. The Hall–Kier alpha value is -0.830. The molecule has 0 fully saturated rings. The molecule has 0 saturated carbocycles.